The molecule has 2 aromatic rings. The molecule has 1 N–H and O–H groups in total. The first-order valence-electron chi connectivity index (χ1n) is 7.05. The second-order valence-electron chi connectivity index (χ2n) is 5.24. The van der Waals surface area contributed by atoms with Crippen molar-refractivity contribution < 1.29 is 4.74 Å². The van der Waals surface area contributed by atoms with E-state index in [4.69, 9.17) is 4.74 Å². The van der Waals surface area contributed by atoms with Gasteiger partial charge in [0.05, 0.1) is 0 Å². The quantitative estimate of drug-likeness (QED) is 0.916. The highest BCUT2D eigenvalue weighted by Gasteiger charge is 2.13. The molecule has 3 heteroatoms. The molecule has 1 saturated heterocycles. The van der Waals surface area contributed by atoms with Crippen molar-refractivity contribution in [2.24, 2.45) is 0 Å². The van der Waals surface area contributed by atoms with E-state index in [2.05, 4.69) is 22.4 Å². The zero-order valence-corrected chi connectivity index (χ0v) is 11.4. The van der Waals surface area contributed by atoms with E-state index in [1.165, 1.54) is 19.3 Å². The Hall–Kier alpha value is -1.61. The summed E-state index contributed by atoms with van der Waals surface area (Å²) >= 11 is 0. The van der Waals surface area contributed by atoms with E-state index in [9.17, 15) is 0 Å². The van der Waals surface area contributed by atoms with Crippen molar-refractivity contribution in [2.75, 3.05) is 13.2 Å². The minimum Gasteiger partial charge on any atom is -0.490 e. The molecule has 19 heavy (non-hydrogen) atoms. The van der Waals surface area contributed by atoms with Gasteiger partial charge in [0.2, 0.25) is 0 Å². The number of aryl methyl sites for hydroxylation is 1. The van der Waals surface area contributed by atoms with Crippen molar-refractivity contribution in [3.8, 4) is 5.75 Å². The Kier molecular flexibility index (Phi) is 3.65. The number of pyridine rings is 1. The molecule has 1 fully saturated rings. The number of benzene rings is 1. The number of nitrogens with one attached hydrogen (secondary N) is 1. The number of para-hydroxylation sites is 1. The van der Waals surface area contributed by atoms with E-state index < -0.39 is 0 Å². The average molecular weight is 256 g/mol. The van der Waals surface area contributed by atoms with E-state index in [0.29, 0.717) is 6.04 Å². The van der Waals surface area contributed by atoms with Crippen LogP contribution in [0.25, 0.3) is 10.9 Å². The Labute approximate surface area is 114 Å². The van der Waals surface area contributed by atoms with E-state index >= 15 is 0 Å². The van der Waals surface area contributed by atoms with Crippen LogP contribution in [0.4, 0.5) is 0 Å². The summed E-state index contributed by atoms with van der Waals surface area (Å²) in [5, 5.41) is 4.64. The van der Waals surface area contributed by atoms with Crippen LogP contribution in [-0.2, 0) is 0 Å². The lowest BCUT2D eigenvalue weighted by Gasteiger charge is -2.23. The number of aromatic nitrogens is 1. The first-order chi connectivity index (χ1) is 9.33. The standard InChI is InChI=1S/C16H20N2O/c1-12-8-9-13-5-4-7-15(16(13)18-12)19-11-14-6-2-3-10-17-14/h4-5,7-9,14,17H,2-3,6,10-11H2,1H3. The second-order valence-corrected chi connectivity index (χ2v) is 5.24. The normalized spacial score (nSPS) is 19.5. The van der Waals surface area contributed by atoms with Gasteiger partial charge in [0, 0.05) is 17.1 Å². The molecule has 0 aliphatic carbocycles. The Bertz CT molecular complexity index is 562. The van der Waals surface area contributed by atoms with E-state index in [1.807, 2.05) is 25.1 Å². The number of fused-ring (bicyclic) bond motifs is 1. The lowest BCUT2D eigenvalue weighted by Crippen LogP contribution is -2.38. The van der Waals surface area contributed by atoms with Gasteiger partial charge in [0.25, 0.3) is 0 Å². The number of piperidine rings is 1. The van der Waals surface area contributed by atoms with Gasteiger partial charge in [-0.15, -0.1) is 0 Å². The molecule has 1 unspecified atom stereocenters. The summed E-state index contributed by atoms with van der Waals surface area (Å²) < 4.78 is 5.99. The van der Waals surface area contributed by atoms with Gasteiger partial charge in [0.15, 0.2) is 0 Å². The smallest absolute Gasteiger partial charge is 0.145 e. The lowest BCUT2D eigenvalue weighted by atomic mass is 10.1. The summed E-state index contributed by atoms with van der Waals surface area (Å²) in [5.41, 5.74) is 2.00. The van der Waals surface area contributed by atoms with Gasteiger partial charge in [-0.05, 0) is 38.4 Å². The molecule has 1 aromatic heterocycles. The fourth-order valence-corrected chi connectivity index (χ4v) is 2.59. The predicted octanol–water partition coefficient (Wildman–Crippen LogP) is 3.06. The number of nitrogens with zero attached hydrogens (tertiary/aromatic N) is 1. The van der Waals surface area contributed by atoms with E-state index in [-0.39, 0.29) is 0 Å². The first kappa shape index (κ1) is 12.4. The topological polar surface area (TPSA) is 34.1 Å². The van der Waals surface area contributed by atoms with Crippen LogP contribution in [0.15, 0.2) is 30.3 Å². The first-order valence-corrected chi connectivity index (χ1v) is 7.05. The van der Waals surface area contributed by atoms with Crippen molar-refractivity contribution in [3.63, 3.8) is 0 Å². The van der Waals surface area contributed by atoms with Gasteiger partial charge in [-0.25, -0.2) is 4.98 Å². The maximum Gasteiger partial charge on any atom is 0.145 e. The maximum absolute atomic E-state index is 5.99. The molecular weight excluding hydrogens is 236 g/mol. The predicted molar refractivity (Wildman–Crippen MR) is 77.6 cm³/mol. The van der Waals surface area contributed by atoms with Gasteiger partial charge in [-0.3, -0.25) is 0 Å². The molecule has 1 aliphatic rings. The zero-order chi connectivity index (χ0) is 13.1. The molecular formula is C16H20N2O. The minimum absolute atomic E-state index is 0.480. The van der Waals surface area contributed by atoms with Crippen LogP contribution in [0, 0.1) is 6.92 Å². The van der Waals surface area contributed by atoms with Crippen LogP contribution < -0.4 is 10.1 Å². The van der Waals surface area contributed by atoms with Gasteiger partial charge in [-0.1, -0.05) is 24.6 Å². The van der Waals surface area contributed by atoms with Crippen LogP contribution in [0.2, 0.25) is 0 Å². The molecule has 2 heterocycles. The van der Waals surface area contributed by atoms with Gasteiger partial charge < -0.3 is 10.1 Å². The molecule has 1 aromatic carbocycles. The summed E-state index contributed by atoms with van der Waals surface area (Å²) in [5.74, 6) is 0.897. The third-order valence-electron chi connectivity index (χ3n) is 3.67. The lowest BCUT2D eigenvalue weighted by molar-refractivity contribution is 0.241. The largest absolute Gasteiger partial charge is 0.490 e. The number of ether oxygens (including phenoxy) is 1. The summed E-state index contributed by atoms with van der Waals surface area (Å²) in [6.45, 7) is 3.86. The van der Waals surface area contributed by atoms with Crippen molar-refractivity contribution in [3.05, 3.63) is 36.0 Å². The van der Waals surface area contributed by atoms with Crippen molar-refractivity contribution in [2.45, 2.75) is 32.2 Å². The number of hydrogen-bond donors (Lipinski definition) is 1. The summed E-state index contributed by atoms with van der Waals surface area (Å²) in [6.07, 6.45) is 3.79. The SMILES string of the molecule is Cc1ccc2cccc(OCC3CCCCN3)c2n1. The monoisotopic (exact) mass is 256 g/mol. The maximum atomic E-state index is 5.99. The average Bonchev–Trinajstić information content (AvgIpc) is 2.46. The summed E-state index contributed by atoms with van der Waals surface area (Å²) in [6, 6.07) is 10.7. The third kappa shape index (κ3) is 2.87. The Morgan fingerprint density at radius 2 is 2.21 bits per heavy atom. The highest BCUT2D eigenvalue weighted by atomic mass is 16.5. The Morgan fingerprint density at radius 3 is 3.05 bits per heavy atom. The molecule has 0 saturated carbocycles. The number of rotatable bonds is 3. The molecule has 100 valence electrons. The highest BCUT2D eigenvalue weighted by Crippen LogP contribution is 2.24. The minimum atomic E-state index is 0.480. The molecule has 0 amide bonds. The van der Waals surface area contributed by atoms with Crippen molar-refractivity contribution in [1.82, 2.24) is 10.3 Å². The molecule has 1 atom stereocenters. The van der Waals surface area contributed by atoms with Gasteiger partial charge in [0.1, 0.15) is 17.9 Å². The fourth-order valence-electron chi connectivity index (χ4n) is 2.59. The highest BCUT2D eigenvalue weighted by molar-refractivity contribution is 5.84. The molecule has 0 bridgehead atoms. The van der Waals surface area contributed by atoms with Crippen LogP contribution in [-0.4, -0.2) is 24.2 Å². The number of hydrogen-bond acceptors (Lipinski definition) is 3. The van der Waals surface area contributed by atoms with Crippen LogP contribution in [0.3, 0.4) is 0 Å². The van der Waals surface area contributed by atoms with Crippen molar-refractivity contribution >= 4 is 10.9 Å². The van der Waals surface area contributed by atoms with Gasteiger partial charge >= 0.3 is 0 Å². The molecule has 1 aliphatic heterocycles. The second kappa shape index (κ2) is 5.57. The third-order valence-corrected chi connectivity index (χ3v) is 3.67. The van der Waals surface area contributed by atoms with E-state index in [1.54, 1.807) is 0 Å². The molecule has 0 spiro atoms. The summed E-state index contributed by atoms with van der Waals surface area (Å²) in [4.78, 5) is 4.59. The molecule has 3 nitrogen and oxygen atoms in total. The van der Waals surface area contributed by atoms with Crippen LogP contribution >= 0.6 is 0 Å². The molecule has 3 rings (SSSR count). The van der Waals surface area contributed by atoms with Gasteiger partial charge in [-0.2, -0.15) is 0 Å². The molecule has 0 radical (unpaired) electrons. The fraction of sp³-hybridized carbons (Fsp3) is 0.438. The van der Waals surface area contributed by atoms with Crippen LogP contribution in [0.1, 0.15) is 25.0 Å². The zero-order valence-electron chi connectivity index (χ0n) is 11.4. The summed E-state index contributed by atoms with van der Waals surface area (Å²) in [7, 11) is 0. The Morgan fingerprint density at radius 1 is 1.26 bits per heavy atom. The van der Waals surface area contributed by atoms with E-state index in [0.717, 1.165) is 35.5 Å². The van der Waals surface area contributed by atoms with Crippen LogP contribution in [0.5, 0.6) is 5.75 Å². The Balaban J connectivity index is 1.78. The van der Waals surface area contributed by atoms with Crippen molar-refractivity contribution in [1.29, 1.82) is 0 Å².